The maximum atomic E-state index is 12.0. The van der Waals surface area contributed by atoms with Crippen LogP contribution in [0, 0.1) is 0 Å². The van der Waals surface area contributed by atoms with Crippen LogP contribution in [0.3, 0.4) is 0 Å². The van der Waals surface area contributed by atoms with E-state index in [9.17, 15) is 4.79 Å². The number of amides is 2. The van der Waals surface area contributed by atoms with E-state index < -0.39 is 0 Å². The molecule has 0 saturated carbocycles. The van der Waals surface area contributed by atoms with Gasteiger partial charge in [0, 0.05) is 37.9 Å². The average molecular weight is 317 g/mol. The van der Waals surface area contributed by atoms with Gasteiger partial charge in [-0.2, -0.15) is 0 Å². The van der Waals surface area contributed by atoms with Gasteiger partial charge in [-0.3, -0.25) is 0 Å². The Bertz CT molecular complexity index is 595. The summed E-state index contributed by atoms with van der Waals surface area (Å²) in [7, 11) is 1.81. The van der Waals surface area contributed by atoms with Crippen LogP contribution in [0.1, 0.15) is 36.0 Å². The fraction of sp³-hybridized carbons (Fsp3) is 0.412. The van der Waals surface area contributed by atoms with Crippen molar-refractivity contribution in [2.45, 2.75) is 32.7 Å². The van der Waals surface area contributed by atoms with Gasteiger partial charge in [0.15, 0.2) is 0 Å². The number of carbonyl (C=O) groups excluding carboxylic acids is 1. The number of nitrogens with one attached hydrogen (secondary N) is 1. The standard InChI is InChI=1S/C17H23N3OS/c1-13(2)16-19-15(12-22-16)9-10-18-17(21)20(3)11-14-7-5-4-6-8-14/h4-8,12-13H,9-11H2,1-3H3,(H,18,21). The van der Waals surface area contributed by atoms with E-state index >= 15 is 0 Å². The Kier molecular flexibility index (Phi) is 5.95. The molecule has 0 fully saturated rings. The normalized spacial score (nSPS) is 10.7. The Morgan fingerprint density at radius 1 is 1.32 bits per heavy atom. The predicted octanol–water partition coefficient (Wildman–Crippen LogP) is 3.65. The molecular weight excluding hydrogens is 294 g/mol. The third-order valence-corrected chi connectivity index (χ3v) is 4.52. The van der Waals surface area contributed by atoms with E-state index in [1.165, 1.54) is 0 Å². The highest BCUT2D eigenvalue weighted by Gasteiger charge is 2.09. The minimum atomic E-state index is -0.0526. The van der Waals surface area contributed by atoms with Gasteiger partial charge < -0.3 is 10.2 Å². The molecule has 118 valence electrons. The zero-order valence-corrected chi connectivity index (χ0v) is 14.2. The Balaban J connectivity index is 1.74. The highest BCUT2D eigenvalue weighted by atomic mass is 32.1. The van der Waals surface area contributed by atoms with E-state index in [0.717, 1.165) is 22.7 Å². The number of benzene rings is 1. The molecule has 2 aromatic rings. The molecule has 0 saturated heterocycles. The number of hydrogen-bond donors (Lipinski definition) is 1. The third kappa shape index (κ3) is 4.84. The van der Waals surface area contributed by atoms with Crippen LogP contribution in [0.15, 0.2) is 35.7 Å². The molecule has 0 aliphatic carbocycles. The quantitative estimate of drug-likeness (QED) is 0.884. The molecule has 2 amide bonds. The van der Waals surface area contributed by atoms with Crippen molar-refractivity contribution in [2.24, 2.45) is 0 Å². The molecule has 0 unspecified atom stereocenters. The maximum Gasteiger partial charge on any atom is 0.317 e. The summed E-state index contributed by atoms with van der Waals surface area (Å²) in [5.41, 5.74) is 2.18. The van der Waals surface area contributed by atoms with Gasteiger partial charge in [0.2, 0.25) is 0 Å². The Morgan fingerprint density at radius 2 is 2.05 bits per heavy atom. The number of hydrogen-bond acceptors (Lipinski definition) is 3. The maximum absolute atomic E-state index is 12.0. The number of aromatic nitrogens is 1. The number of urea groups is 1. The summed E-state index contributed by atoms with van der Waals surface area (Å²) in [6, 6.07) is 9.93. The van der Waals surface area contributed by atoms with Crippen LogP contribution in [-0.4, -0.2) is 29.5 Å². The lowest BCUT2D eigenvalue weighted by Gasteiger charge is -2.17. The minimum absolute atomic E-state index is 0.0526. The molecule has 0 radical (unpaired) electrons. The summed E-state index contributed by atoms with van der Waals surface area (Å²) in [6.45, 7) is 5.51. The molecule has 4 nitrogen and oxygen atoms in total. The second-order valence-corrected chi connectivity index (χ2v) is 6.55. The van der Waals surface area contributed by atoms with Crippen LogP contribution in [0.25, 0.3) is 0 Å². The van der Waals surface area contributed by atoms with Crippen molar-refractivity contribution in [3.8, 4) is 0 Å². The summed E-state index contributed by atoms with van der Waals surface area (Å²) < 4.78 is 0. The molecule has 1 heterocycles. The summed E-state index contributed by atoms with van der Waals surface area (Å²) in [6.07, 6.45) is 0.772. The first kappa shape index (κ1) is 16.5. The van der Waals surface area contributed by atoms with Gasteiger partial charge in [0.1, 0.15) is 0 Å². The van der Waals surface area contributed by atoms with Crippen molar-refractivity contribution in [3.05, 3.63) is 52.0 Å². The number of carbonyl (C=O) groups is 1. The second kappa shape index (κ2) is 7.94. The first-order chi connectivity index (χ1) is 10.6. The largest absolute Gasteiger partial charge is 0.338 e. The fourth-order valence-corrected chi connectivity index (χ4v) is 2.93. The van der Waals surface area contributed by atoms with Gasteiger partial charge in [-0.25, -0.2) is 9.78 Å². The van der Waals surface area contributed by atoms with E-state index in [1.54, 1.807) is 16.2 Å². The minimum Gasteiger partial charge on any atom is -0.338 e. The van der Waals surface area contributed by atoms with Crippen molar-refractivity contribution in [2.75, 3.05) is 13.6 Å². The molecule has 0 spiro atoms. The molecule has 1 aromatic carbocycles. The monoisotopic (exact) mass is 317 g/mol. The Labute approximate surface area is 136 Å². The predicted molar refractivity (Wildman–Crippen MR) is 91.2 cm³/mol. The van der Waals surface area contributed by atoms with E-state index in [1.807, 2.05) is 37.4 Å². The molecule has 0 atom stereocenters. The third-order valence-electron chi connectivity index (χ3n) is 3.33. The van der Waals surface area contributed by atoms with E-state index in [0.29, 0.717) is 19.0 Å². The lowest BCUT2D eigenvalue weighted by atomic mass is 10.2. The first-order valence-corrected chi connectivity index (χ1v) is 8.41. The average Bonchev–Trinajstić information content (AvgIpc) is 2.97. The summed E-state index contributed by atoms with van der Waals surface area (Å²) in [4.78, 5) is 18.3. The van der Waals surface area contributed by atoms with Crippen LogP contribution in [0.2, 0.25) is 0 Å². The molecule has 2 rings (SSSR count). The topological polar surface area (TPSA) is 45.2 Å². The first-order valence-electron chi connectivity index (χ1n) is 7.53. The number of rotatable bonds is 6. The van der Waals surface area contributed by atoms with Crippen LogP contribution < -0.4 is 5.32 Å². The molecule has 1 N–H and O–H groups in total. The van der Waals surface area contributed by atoms with Crippen LogP contribution in [0.5, 0.6) is 0 Å². The van der Waals surface area contributed by atoms with Gasteiger partial charge in [-0.1, -0.05) is 44.2 Å². The van der Waals surface area contributed by atoms with E-state index in [4.69, 9.17) is 0 Å². The van der Waals surface area contributed by atoms with Gasteiger partial charge in [0.25, 0.3) is 0 Å². The zero-order valence-electron chi connectivity index (χ0n) is 13.4. The summed E-state index contributed by atoms with van der Waals surface area (Å²) in [5, 5.41) is 6.17. The molecule has 5 heteroatoms. The smallest absolute Gasteiger partial charge is 0.317 e. The van der Waals surface area contributed by atoms with E-state index in [2.05, 4.69) is 29.5 Å². The second-order valence-electron chi connectivity index (χ2n) is 5.66. The highest BCUT2D eigenvalue weighted by molar-refractivity contribution is 7.09. The molecule has 22 heavy (non-hydrogen) atoms. The van der Waals surface area contributed by atoms with E-state index in [-0.39, 0.29) is 6.03 Å². The number of nitrogens with zero attached hydrogens (tertiary/aromatic N) is 2. The van der Waals surface area contributed by atoms with Gasteiger partial charge in [-0.05, 0) is 5.56 Å². The Hall–Kier alpha value is -1.88. The fourth-order valence-electron chi connectivity index (χ4n) is 2.06. The van der Waals surface area contributed by atoms with Crippen LogP contribution in [-0.2, 0) is 13.0 Å². The molecule has 0 aliphatic rings. The number of thiazole rings is 1. The highest BCUT2D eigenvalue weighted by Crippen LogP contribution is 2.19. The molecule has 0 bridgehead atoms. The molecule has 1 aromatic heterocycles. The Morgan fingerprint density at radius 3 is 2.68 bits per heavy atom. The SMILES string of the molecule is CC(C)c1nc(CCNC(=O)N(C)Cc2ccccc2)cs1. The lowest BCUT2D eigenvalue weighted by molar-refractivity contribution is 0.207. The van der Waals surface area contributed by atoms with Gasteiger partial charge >= 0.3 is 6.03 Å². The lowest BCUT2D eigenvalue weighted by Crippen LogP contribution is -2.37. The van der Waals surface area contributed by atoms with Crippen LogP contribution in [0.4, 0.5) is 4.79 Å². The summed E-state index contributed by atoms with van der Waals surface area (Å²) >= 11 is 1.69. The van der Waals surface area contributed by atoms with Crippen molar-refractivity contribution in [1.29, 1.82) is 0 Å². The van der Waals surface area contributed by atoms with Crippen molar-refractivity contribution in [3.63, 3.8) is 0 Å². The van der Waals surface area contributed by atoms with Crippen molar-refractivity contribution in [1.82, 2.24) is 15.2 Å². The zero-order chi connectivity index (χ0) is 15.9. The molecule has 0 aliphatic heterocycles. The molecular formula is C17H23N3OS. The van der Waals surface area contributed by atoms with Crippen molar-refractivity contribution >= 4 is 17.4 Å². The summed E-state index contributed by atoms with van der Waals surface area (Å²) in [5.74, 6) is 0.463. The van der Waals surface area contributed by atoms with Gasteiger partial charge in [-0.15, -0.1) is 11.3 Å². The van der Waals surface area contributed by atoms with Crippen LogP contribution >= 0.6 is 11.3 Å². The van der Waals surface area contributed by atoms with Crippen molar-refractivity contribution < 1.29 is 4.79 Å². The van der Waals surface area contributed by atoms with Gasteiger partial charge in [0.05, 0.1) is 10.7 Å².